The summed E-state index contributed by atoms with van der Waals surface area (Å²) >= 11 is 0. The molecule has 1 atom stereocenters. The van der Waals surface area contributed by atoms with Crippen molar-refractivity contribution in [1.82, 2.24) is 9.88 Å². The van der Waals surface area contributed by atoms with Crippen molar-refractivity contribution in [3.8, 4) is 0 Å². The molecule has 1 aliphatic rings. The van der Waals surface area contributed by atoms with E-state index in [0.29, 0.717) is 12.3 Å². The van der Waals surface area contributed by atoms with Crippen LogP contribution in [0.3, 0.4) is 0 Å². The number of hydrogen-bond donors (Lipinski definition) is 0. The maximum atomic E-state index is 12.5. The Labute approximate surface area is 138 Å². The zero-order valence-corrected chi connectivity index (χ0v) is 13.5. The van der Waals surface area contributed by atoms with Gasteiger partial charge in [-0.1, -0.05) is 36.4 Å². The molecule has 1 saturated heterocycles. The number of benzene rings is 1. The molecular weight excluding hydrogens is 284 g/mol. The van der Waals surface area contributed by atoms with Gasteiger partial charge in [-0.25, -0.2) is 0 Å². The fourth-order valence-corrected chi connectivity index (χ4v) is 3.34. The second-order valence-corrected chi connectivity index (χ2v) is 6.24. The Hall–Kier alpha value is -2.16. The number of rotatable bonds is 4. The van der Waals surface area contributed by atoms with Gasteiger partial charge in [-0.15, -0.1) is 0 Å². The van der Waals surface area contributed by atoms with Crippen LogP contribution in [0.5, 0.6) is 0 Å². The van der Waals surface area contributed by atoms with Crippen LogP contribution in [0.25, 0.3) is 0 Å². The number of carbonyl (C=O) groups is 1. The van der Waals surface area contributed by atoms with E-state index in [1.165, 1.54) is 12.0 Å². The molecule has 2 aromatic rings. The van der Waals surface area contributed by atoms with Crippen LogP contribution in [0.15, 0.2) is 54.7 Å². The topological polar surface area (TPSA) is 33.2 Å². The summed E-state index contributed by atoms with van der Waals surface area (Å²) in [6.45, 7) is 1.77. The fraction of sp³-hybridized carbons (Fsp3) is 0.400. The number of aryl methyl sites for hydroxylation is 1. The van der Waals surface area contributed by atoms with E-state index in [9.17, 15) is 4.79 Å². The molecule has 3 nitrogen and oxygen atoms in total. The van der Waals surface area contributed by atoms with E-state index in [1.807, 2.05) is 23.1 Å². The average Bonchev–Trinajstić information content (AvgIpc) is 2.87. The van der Waals surface area contributed by atoms with Crippen molar-refractivity contribution in [1.29, 1.82) is 0 Å². The van der Waals surface area contributed by atoms with E-state index >= 15 is 0 Å². The predicted octanol–water partition coefficient (Wildman–Crippen LogP) is 3.81. The van der Waals surface area contributed by atoms with E-state index in [2.05, 4.69) is 35.3 Å². The SMILES string of the molecule is O=C(CCc1ccccn1)N1CCCC(c2ccccc2)CC1. The number of nitrogens with zero attached hydrogens (tertiary/aromatic N) is 2. The molecule has 0 N–H and O–H groups in total. The lowest BCUT2D eigenvalue weighted by Gasteiger charge is -2.20. The molecule has 0 radical (unpaired) electrons. The molecule has 1 unspecified atom stereocenters. The van der Waals surface area contributed by atoms with E-state index in [4.69, 9.17) is 0 Å². The highest BCUT2D eigenvalue weighted by atomic mass is 16.2. The van der Waals surface area contributed by atoms with Crippen molar-refractivity contribution in [3.63, 3.8) is 0 Å². The summed E-state index contributed by atoms with van der Waals surface area (Å²) in [5.41, 5.74) is 2.41. The lowest BCUT2D eigenvalue weighted by atomic mass is 9.92. The van der Waals surface area contributed by atoms with Crippen LogP contribution in [-0.2, 0) is 11.2 Å². The van der Waals surface area contributed by atoms with Crippen LogP contribution in [-0.4, -0.2) is 28.9 Å². The van der Waals surface area contributed by atoms with Crippen LogP contribution in [0, 0.1) is 0 Å². The minimum atomic E-state index is 0.268. The van der Waals surface area contributed by atoms with Gasteiger partial charge in [0.05, 0.1) is 0 Å². The molecule has 0 spiro atoms. The van der Waals surface area contributed by atoms with Crippen LogP contribution >= 0.6 is 0 Å². The van der Waals surface area contributed by atoms with Crippen LogP contribution < -0.4 is 0 Å². The minimum absolute atomic E-state index is 0.268. The molecule has 2 heterocycles. The summed E-state index contributed by atoms with van der Waals surface area (Å²) < 4.78 is 0. The molecule has 1 aromatic carbocycles. The lowest BCUT2D eigenvalue weighted by molar-refractivity contribution is -0.131. The molecule has 120 valence electrons. The van der Waals surface area contributed by atoms with Crippen molar-refractivity contribution in [2.24, 2.45) is 0 Å². The van der Waals surface area contributed by atoms with Crippen LogP contribution in [0.4, 0.5) is 0 Å². The summed E-state index contributed by atoms with van der Waals surface area (Å²) in [5, 5.41) is 0. The molecule has 1 aromatic heterocycles. The summed E-state index contributed by atoms with van der Waals surface area (Å²) in [6.07, 6.45) is 6.42. The van der Waals surface area contributed by atoms with Gasteiger partial charge in [0.15, 0.2) is 0 Å². The van der Waals surface area contributed by atoms with Crippen molar-refractivity contribution < 1.29 is 4.79 Å². The summed E-state index contributed by atoms with van der Waals surface area (Å²) in [4.78, 5) is 18.8. The molecule has 1 amide bonds. The molecule has 0 saturated carbocycles. The smallest absolute Gasteiger partial charge is 0.222 e. The number of likely N-dealkylation sites (tertiary alicyclic amines) is 1. The van der Waals surface area contributed by atoms with Gasteiger partial charge in [0.2, 0.25) is 5.91 Å². The van der Waals surface area contributed by atoms with Gasteiger partial charge in [0.25, 0.3) is 0 Å². The standard InChI is InChI=1S/C20H24N2O/c23-20(12-11-19-10-4-5-14-21-19)22-15-6-9-18(13-16-22)17-7-2-1-3-8-17/h1-5,7-8,10,14,18H,6,9,11-13,15-16H2. The second-order valence-electron chi connectivity index (χ2n) is 6.24. The summed E-state index contributed by atoms with van der Waals surface area (Å²) in [5.74, 6) is 0.856. The van der Waals surface area contributed by atoms with Gasteiger partial charge in [0.1, 0.15) is 0 Å². The van der Waals surface area contributed by atoms with Gasteiger partial charge in [0, 0.05) is 31.4 Å². The van der Waals surface area contributed by atoms with E-state index in [1.54, 1.807) is 6.20 Å². The first-order valence-electron chi connectivity index (χ1n) is 8.55. The van der Waals surface area contributed by atoms with Crippen LogP contribution in [0.2, 0.25) is 0 Å². The molecule has 0 bridgehead atoms. The Morgan fingerprint density at radius 1 is 1.04 bits per heavy atom. The number of hydrogen-bond acceptors (Lipinski definition) is 2. The van der Waals surface area contributed by atoms with Crippen LogP contribution in [0.1, 0.15) is 42.9 Å². The third-order valence-electron chi connectivity index (χ3n) is 4.67. The van der Waals surface area contributed by atoms with E-state index < -0.39 is 0 Å². The number of carbonyl (C=O) groups excluding carboxylic acids is 1. The number of aromatic nitrogens is 1. The van der Waals surface area contributed by atoms with Gasteiger partial charge >= 0.3 is 0 Å². The predicted molar refractivity (Wildman–Crippen MR) is 92.2 cm³/mol. The van der Waals surface area contributed by atoms with Gasteiger partial charge in [-0.05, 0) is 49.3 Å². The van der Waals surface area contributed by atoms with Crippen molar-refractivity contribution in [2.45, 2.75) is 38.0 Å². The number of pyridine rings is 1. The van der Waals surface area contributed by atoms with E-state index in [-0.39, 0.29) is 5.91 Å². The highest BCUT2D eigenvalue weighted by Crippen LogP contribution is 2.28. The first-order valence-corrected chi connectivity index (χ1v) is 8.55. The van der Waals surface area contributed by atoms with E-state index in [0.717, 1.165) is 38.0 Å². The Kier molecular flexibility index (Phi) is 5.41. The largest absolute Gasteiger partial charge is 0.343 e. The van der Waals surface area contributed by atoms with Crippen molar-refractivity contribution >= 4 is 5.91 Å². The lowest BCUT2D eigenvalue weighted by Crippen LogP contribution is -2.32. The summed E-state index contributed by atoms with van der Waals surface area (Å²) in [7, 11) is 0. The molecule has 1 fully saturated rings. The molecule has 3 heteroatoms. The maximum Gasteiger partial charge on any atom is 0.222 e. The Balaban J connectivity index is 1.52. The molecule has 23 heavy (non-hydrogen) atoms. The summed E-state index contributed by atoms with van der Waals surface area (Å²) in [6, 6.07) is 16.6. The Bertz CT molecular complexity index is 612. The van der Waals surface area contributed by atoms with Gasteiger partial charge < -0.3 is 4.90 Å². The number of amides is 1. The van der Waals surface area contributed by atoms with Gasteiger partial charge in [-0.2, -0.15) is 0 Å². The highest BCUT2D eigenvalue weighted by Gasteiger charge is 2.21. The van der Waals surface area contributed by atoms with Gasteiger partial charge in [-0.3, -0.25) is 9.78 Å². The third-order valence-corrected chi connectivity index (χ3v) is 4.67. The highest BCUT2D eigenvalue weighted by molar-refractivity contribution is 5.76. The zero-order chi connectivity index (χ0) is 15.9. The fourth-order valence-electron chi connectivity index (χ4n) is 3.34. The molecule has 1 aliphatic heterocycles. The Morgan fingerprint density at radius 3 is 2.65 bits per heavy atom. The first kappa shape index (κ1) is 15.7. The third kappa shape index (κ3) is 4.41. The maximum absolute atomic E-state index is 12.5. The molecular formula is C20H24N2O. The zero-order valence-electron chi connectivity index (χ0n) is 13.5. The average molecular weight is 308 g/mol. The quantitative estimate of drug-likeness (QED) is 0.860. The molecule has 3 rings (SSSR count). The second kappa shape index (κ2) is 7.91. The molecule has 0 aliphatic carbocycles. The first-order chi connectivity index (χ1) is 11.3. The monoisotopic (exact) mass is 308 g/mol. The van der Waals surface area contributed by atoms with Crippen molar-refractivity contribution in [2.75, 3.05) is 13.1 Å². The minimum Gasteiger partial charge on any atom is -0.343 e. The Morgan fingerprint density at radius 2 is 1.87 bits per heavy atom. The van der Waals surface area contributed by atoms with Crippen molar-refractivity contribution in [3.05, 3.63) is 66.0 Å². The normalized spacial score (nSPS) is 18.4.